The second-order valence-corrected chi connectivity index (χ2v) is 5.88. The zero-order valence-electron chi connectivity index (χ0n) is 10.8. The number of thiophene rings is 1. The van der Waals surface area contributed by atoms with Crippen molar-refractivity contribution in [3.63, 3.8) is 0 Å². The van der Waals surface area contributed by atoms with Gasteiger partial charge in [-0.05, 0) is 24.8 Å². The average molecular weight is 250 g/mol. The van der Waals surface area contributed by atoms with Crippen molar-refractivity contribution in [1.82, 2.24) is 9.97 Å². The zero-order chi connectivity index (χ0) is 12.6. The molecule has 2 aromatic heterocycles. The first-order chi connectivity index (χ1) is 8.02. The highest BCUT2D eigenvalue weighted by molar-refractivity contribution is 7.18. The van der Waals surface area contributed by atoms with E-state index in [0.717, 1.165) is 34.4 Å². The van der Waals surface area contributed by atoms with Gasteiger partial charge in [-0.3, -0.25) is 4.79 Å². The van der Waals surface area contributed by atoms with Crippen LogP contribution in [0, 0.1) is 12.8 Å². The summed E-state index contributed by atoms with van der Waals surface area (Å²) in [7, 11) is 0. The Morgan fingerprint density at radius 3 is 2.71 bits per heavy atom. The molecule has 0 aliphatic carbocycles. The molecule has 0 aliphatic heterocycles. The Balaban J connectivity index is 2.65. The molecule has 4 heteroatoms. The Kier molecular flexibility index (Phi) is 3.33. The van der Waals surface area contributed by atoms with E-state index in [0.29, 0.717) is 5.92 Å². The van der Waals surface area contributed by atoms with E-state index in [2.05, 4.69) is 23.8 Å². The molecule has 0 saturated carbocycles. The second kappa shape index (κ2) is 4.61. The maximum atomic E-state index is 12.0. The summed E-state index contributed by atoms with van der Waals surface area (Å²) in [6, 6.07) is 0. The summed E-state index contributed by atoms with van der Waals surface area (Å²) in [5.74, 6) is 1.38. The van der Waals surface area contributed by atoms with Gasteiger partial charge in [0.1, 0.15) is 10.7 Å². The number of nitrogens with one attached hydrogen (secondary N) is 1. The van der Waals surface area contributed by atoms with E-state index >= 15 is 0 Å². The summed E-state index contributed by atoms with van der Waals surface area (Å²) in [5.41, 5.74) is 1.12. The van der Waals surface area contributed by atoms with Crippen molar-refractivity contribution in [2.75, 3.05) is 0 Å². The highest BCUT2D eigenvalue weighted by Crippen LogP contribution is 2.28. The number of hydrogen-bond donors (Lipinski definition) is 1. The number of nitrogens with zero attached hydrogens (tertiary/aromatic N) is 1. The smallest absolute Gasteiger partial charge is 0.259 e. The number of aryl methyl sites for hydroxylation is 2. The SMILES string of the molecule is CCc1nc2sc(CC(C)C)c(C)c2c(=O)[nH]1. The Morgan fingerprint density at radius 2 is 2.12 bits per heavy atom. The third-order valence-electron chi connectivity index (χ3n) is 2.88. The van der Waals surface area contributed by atoms with E-state index in [1.165, 1.54) is 4.88 Å². The van der Waals surface area contributed by atoms with Crippen molar-refractivity contribution in [3.8, 4) is 0 Å². The Hall–Kier alpha value is -1.16. The topological polar surface area (TPSA) is 45.8 Å². The first-order valence-corrected chi connectivity index (χ1v) is 6.85. The lowest BCUT2D eigenvalue weighted by Crippen LogP contribution is -2.10. The van der Waals surface area contributed by atoms with Crippen LogP contribution in [-0.4, -0.2) is 9.97 Å². The van der Waals surface area contributed by atoms with Crippen LogP contribution in [0.3, 0.4) is 0 Å². The van der Waals surface area contributed by atoms with Crippen molar-refractivity contribution >= 4 is 21.6 Å². The van der Waals surface area contributed by atoms with Crippen LogP contribution in [0.25, 0.3) is 10.2 Å². The average Bonchev–Trinajstić information content (AvgIpc) is 2.55. The van der Waals surface area contributed by atoms with E-state index in [-0.39, 0.29) is 5.56 Å². The lowest BCUT2D eigenvalue weighted by molar-refractivity contribution is 0.652. The maximum Gasteiger partial charge on any atom is 0.259 e. The monoisotopic (exact) mass is 250 g/mol. The van der Waals surface area contributed by atoms with E-state index in [9.17, 15) is 4.79 Å². The number of H-pyrrole nitrogens is 1. The van der Waals surface area contributed by atoms with Crippen LogP contribution in [0.5, 0.6) is 0 Å². The molecular weight excluding hydrogens is 232 g/mol. The summed E-state index contributed by atoms with van der Waals surface area (Å²) in [6.07, 6.45) is 1.79. The van der Waals surface area contributed by atoms with Crippen LogP contribution >= 0.6 is 11.3 Å². The molecule has 0 radical (unpaired) electrons. The quantitative estimate of drug-likeness (QED) is 0.910. The Bertz CT molecular complexity index is 595. The van der Waals surface area contributed by atoms with Crippen LogP contribution in [0.1, 0.15) is 37.0 Å². The van der Waals surface area contributed by atoms with E-state index in [1.807, 2.05) is 13.8 Å². The highest BCUT2D eigenvalue weighted by Gasteiger charge is 2.14. The van der Waals surface area contributed by atoms with Crippen molar-refractivity contribution in [2.45, 2.75) is 40.5 Å². The molecule has 0 spiro atoms. The van der Waals surface area contributed by atoms with Crippen molar-refractivity contribution in [3.05, 3.63) is 26.6 Å². The molecular formula is C13H18N2OS. The van der Waals surface area contributed by atoms with Crippen LogP contribution in [0.15, 0.2) is 4.79 Å². The lowest BCUT2D eigenvalue weighted by Gasteiger charge is -2.01. The lowest BCUT2D eigenvalue weighted by atomic mass is 10.1. The fourth-order valence-corrected chi connectivity index (χ4v) is 3.38. The molecule has 0 amide bonds. The van der Waals surface area contributed by atoms with Crippen molar-refractivity contribution < 1.29 is 0 Å². The van der Waals surface area contributed by atoms with Gasteiger partial charge in [0.25, 0.3) is 5.56 Å². The summed E-state index contributed by atoms with van der Waals surface area (Å²) in [6.45, 7) is 8.41. The zero-order valence-corrected chi connectivity index (χ0v) is 11.6. The molecule has 2 aromatic rings. The van der Waals surface area contributed by atoms with Gasteiger partial charge in [0, 0.05) is 11.3 Å². The Morgan fingerprint density at radius 1 is 1.41 bits per heavy atom. The summed E-state index contributed by atoms with van der Waals surface area (Å²) < 4.78 is 0. The molecule has 2 heterocycles. The van der Waals surface area contributed by atoms with Gasteiger partial charge < -0.3 is 4.98 Å². The summed E-state index contributed by atoms with van der Waals surface area (Å²) in [4.78, 5) is 21.5. The van der Waals surface area contributed by atoms with Gasteiger partial charge in [0.15, 0.2) is 0 Å². The summed E-state index contributed by atoms with van der Waals surface area (Å²) in [5, 5.41) is 0.780. The fourth-order valence-electron chi connectivity index (χ4n) is 1.97. The first-order valence-electron chi connectivity index (χ1n) is 6.04. The maximum absolute atomic E-state index is 12.0. The number of hydrogen-bond acceptors (Lipinski definition) is 3. The minimum absolute atomic E-state index is 0.00982. The van der Waals surface area contributed by atoms with Gasteiger partial charge >= 0.3 is 0 Å². The van der Waals surface area contributed by atoms with E-state index < -0.39 is 0 Å². The minimum Gasteiger partial charge on any atom is -0.310 e. The predicted molar refractivity (Wildman–Crippen MR) is 72.9 cm³/mol. The molecule has 92 valence electrons. The van der Waals surface area contributed by atoms with Crippen LogP contribution in [0.4, 0.5) is 0 Å². The highest BCUT2D eigenvalue weighted by atomic mass is 32.1. The molecule has 3 nitrogen and oxygen atoms in total. The van der Waals surface area contributed by atoms with Gasteiger partial charge in [-0.15, -0.1) is 11.3 Å². The molecule has 0 bridgehead atoms. The molecule has 17 heavy (non-hydrogen) atoms. The number of aromatic nitrogens is 2. The van der Waals surface area contributed by atoms with Crippen LogP contribution in [0.2, 0.25) is 0 Å². The van der Waals surface area contributed by atoms with Gasteiger partial charge in [-0.1, -0.05) is 20.8 Å². The van der Waals surface area contributed by atoms with E-state index in [4.69, 9.17) is 0 Å². The molecule has 0 aliphatic rings. The predicted octanol–water partition coefficient (Wildman–Crippen LogP) is 3.05. The fraction of sp³-hybridized carbons (Fsp3) is 0.538. The molecule has 0 saturated heterocycles. The first kappa shape index (κ1) is 12.3. The minimum atomic E-state index is 0.00982. The standard InChI is InChI=1S/C13H18N2OS/c1-5-10-14-12(16)11-8(4)9(6-7(2)3)17-13(11)15-10/h7H,5-6H2,1-4H3,(H,14,15,16). The number of rotatable bonds is 3. The van der Waals surface area contributed by atoms with Crippen LogP contribution in [-0.2, 0) is 12.8 Å². The largest absolute Gasteiger partial charge is 0.310 e. The van der Waals surface area contributed by atoms with Crippen molar-refractivity contribution in [2.24, 2.45) is 5.92 Å². The second-order valence-electron chi connectivity index (χ2n) is 4.79. The molecule has 0 atom stereocenters. The van der Waals surface area contributed by atoms with Gasteiger partial charge in [-0.25, -0.2) is 4.98 Å². The number of fused-ring (bicyclic) bond motifs is 1. The van der Waals surface area contributed by atoms with Crippen molar-refractivity contribution in [1.29, 1.82) is 0 Å². The van der Waals surface area contributed by atoms with Crippen LogP contribution < -0.4 is 5.56 Å². The molecule has 0 fully saturated rings. The van der Waals surface area contributed by atoms with Gasteiger partial charge in [0.05, 0.1) is 5.39 Å². The number of aromatic amines is 1. The van der Waals surface area contributed by atoms with E-state index in [1.54, 1.807) is 11.3 Å². The Labute approximate surface area is 105 Å². The normalized spacial score (nSPS) is 11.6. The summed E-state index contributed by atoms with van der Waals surface area (Å²) >= 11 is 1.66. The molecule has 0 unspecified atom stereocenters. The van der Waals surface area contributed by atoms with Gasteiger partial charge in [-0.2, -0.15) is 0 Å². The molecule has 1 N–H and O–H groups in total. The molecule has 0 aromatic carbocycles. The van der Waals surface area contributed by atoms with Gasteiger partial charge in [0.2, 0.25) is 0 Å². The third-order valence-corrected chi connectivity index (χ3v) is 4.08. The third kappa shape index (κ3) is 2.27. The molecule has 2 rings (SSSR count).